The van der Waals surface area contributed by atoms with E-state index in [0.717, 1.165) is 19.4 Å². The summed E-state index contributed by atoms with van der Waals surface area (Å²) in [5.41, 5.74) is 0.771. The molecule has 0 unspecified atom stereocenters. The van der Waals surface area contributed by atoms with Gasteiger partial charge in [-0.1, -0.05) is 49.4 Å². The molecule has 0 saturated carbocycles. The van der Waals surface area contributed by atoms with Crippen LogP contribution in [0.25, 0.3) is 10.8 Å². The zero-order valence-corrected chi connectivity index (χ0v) is 12.6. The molecule has 0 heterocycles. The van der Waals surface area contributed by atoms with Crippen molar-refractivity contribution in [2.24, 2.45) is 0 Å². The molecule has 2 nitrogen and oxygen atoms in total. The molecule has 0 aliphatic rings. The molecule has 0 aliphatic carbocycles. The number of rotatable bonds is 5. The molecule has 0 fully saturated rings. The summed E-state index contributed by atoms with van der Waals surface area (Å²) in [6.07, 6.45) is 1.70. The third-order valence-electron chi connectivity index (χ3n) is 4.11. The largest absolute Gasteiger partial charge is 0.309 e. The lowest BCUT2D eigenvalue weighted by Crippen LogP contribution is -2.29. The molecule has 0 saturated heterocycles. The zero-order chi connectivity index (χ0) is 14.6. The third-order valence-corrected chi connectivity index (χ3v) is 4.11. The van der Waals surface area contributed by atoms with Crippen molar-refractivity contribution in [2.75, 3.05) is 20.6 Å². The molecule has 20 heavy (non-hydrogen) atoms. The van der Waals surface area contributed by atoms with E-state index in [9.17, 15) is 5.26 Å². The summed E-state index contributed by atoms with van der Waals surface area (Å²) in [5, 5.41) is 12.3. The van der Waals surface area contributed by atoms with E-state index in [4.69, 9.17) is 0 Å². The van der Waals surface area contributed by atoms with Crippen molar-refractivity contribution < 1.29 is 0 Å². The van der Waals surface area contributed by atoms with Gasteiger partial charge >= 0.3 is 0 Å². The van der Waals surface area contributed by atoms with Gasteiger partial charge in [0.1, 0.15) is 0 Å². The smallest absolute Gasteiger partial charge is 0.0837 e. The maximum atomic E-state index is 9.83. The van der Waals surface area contributed by atoms with Crippen LogP contribution in [0.4, 0.5) is 0 Å². The highest BCUT2D eigenvalue weighted by Crippen LogP contribution is 2.36. The van der Waals surface area contributed by atoms with Crippen LogP contribution in [0.15, 0.2) is 42.5 Å². The summed E-state index contributed by atoms with van der Waals surface area (Å²) >= 11 is 0. The van der Waals surface area contributed by atoms with E-state index in [0.29, 0.717) is 0 Å². The minimum absolute atomic E-state index is 0.398. The number of nitrogens with zero attached hydrogens (tertiary/aromatic N) is 2. The summed E-state index contributed by atoms with van der Waals surface area (Å²) < 4.78 is 0. The molecule has 0 amide bonds. The molecule has 0 aliphatic heterocycles. The quantitative estimate of drug-likeness (QED) is 0.819. The highest BCUT2D eigenvalue weighted by Gasteiger charge is 2.31. The van der Waals surface area contributed by atoms with Gasteiger partial charge in [-0.15, -0.1) is 0 Å². The van der Waals surface area contributed by atoms with Gasteiger partial charge in [-0.2, -0.15) is 5.26 Å². The lowest BCUT2D eigenvalue weighted by Gasteiger charge is -2.28. The topological polar surface area (TPSA) is 27.0 Å². The van der Waals surface area contributed by atoms with E-state index in [2.05, 4.69) is 68.4 Å². The lowest BCUT2D eigenvalue weighted by molar-refractivity contribution is 0.348. The molecule has 2 heteroatoms. The van der Waals surface area contributed by atoms with Crippen molar-refractivity contribution in [3.63, 3.8) is 0 Å². The van der Waals surface area contributed by atoms with Crippen LogP contribution in [0.2, 0.25) is 0 Å². The van der Waals surface area contributed by atoms with E-state index in [-0.39, 0.29) is 0 Å². The van der Waals surface area contributed by atoms with E-state index in [1.54, 1.807) is 0 Å². The minimum Gasteiger partial charge on any atom is -0.309 e. The Morgan fingerprint density at radius 2 is 1.80 bits per heavy atom. The second-order valence-electron chi connectivity index (χ2n) is 5.63. The molecule has 0 aromatic heterocycles. The van der Waals surface area contributed by atoms with Crippen LogP contribution in [-0.4, -0.2) is 25.5 Å². The molecule has 2 rings (SSSR count). The molecular formula is C18H22N2. The second kappa shape index (κ2) is 6.07. The van der Waals surface area contributed by atoms with Crippen molar-refractivity contribution in [1.82, 2.24) is 4.90 Å². The van der Waals surface area contributed by atoms with Crippen LogP contribution in [0.3, 0.4) is 0 Å². The average Bonchev–Trinajstić information content (AvgIpc) is 2.48. The average molecular weight is 266 g/mol. The van der Waals surface area contributed by atoms with Crippen LogP contribution < -0.4 is 0 Å². The summed E-state index contributed by atoms with van der Waals surface area (Å²) in [6, 6.07) is 17.2. The highest BCUT2D eigenvalue weighted by molar-refractivity contribution is 5.87. The molecule has 0 radical (unpaired) electrons. The fourth-order valence-electron chi connectivity index (χ4n) is 2.75. The summed E-state index contributed by atoms with van der Waals surface area (Å²) in [5.74, 6) is 0. The fourth-order valence-corrected chi connectivity index (χ4v) is 2.75. The third kappa shape index (κ3) is 2.69. The number of nitriles is 1. The fraction of sp³-hybridized carbons (Fsp3) is 0.389. The predicted octanol–water partition coefficient (Wildman–Crippen LogP) is 3.96. The molecular weight excluding hydrogens is 244 g/mol. The molecule has 104 valence electrons. The Kier molecular flexibility index (Phi) is 4.42. The van der Waals surface area contributed by atoms with Gasteiger partial charge in [0.2, 0.25) is 0 Å². The Morgan fingerprint density at radius 3 is 2.45 bits per heavy atom. The first-order chi connectivity index (χ1) is 9.63. The molecule has 0 bridgehead atoms. The van der Waals surface area contributed by atoms with Gasteiger partial charge in [0.05, 0.1) is 11.5 Å². The van der Waals surface area contributed by atoms with Gasteiger partial charge in [0.25, 0.3) is 0 Å². The monoisotopic (exact) mass is 266 g/mol. The van der Waals surface area contributed by atoms with Crippen LogP contribution in [0.5, 0.6) is 0 Å². The summed E-state index contributed by atoms with van der Waals surface area (Å²) in [4.78, 5) is 2.15. The van der Waals surface area contributed by atoms with Gasteiger partial charge < -0.3 is 4.90 Å². The van der Waals surface area contributed by atoms with Crippen LogP contribution >= 0.6 is 0 Å². The van der Waals surface area contributed by atoms with E-state index >= 15 is 0 Å². The number of hydrogen-bond donors (Lipinski definition) is 0. The Hall–Kier alpha value is -1.85. The van der Waals surface area contributed by atoms with Crippen molar-refractivity contribution in [1.29, 1.82) is 5.26 Å². The maximum absolute atomic E-state index is 9.83. The Morgan fingerprint density at radius 1 is 1.10 bits per heavy atom. The van der Waals surface area contributed by atoms with Crippen molar-refractivity contribution in [3.8, 4) is 6.07 Å². The predicted molar refractivity (Wildman–Crippen MR) is 84.7 cm³/mol. The molecule has 1 atom stereocenters. The van der Waals surface area contributed by atoms with Crippen LogP contribution in [0, 0.1) is 11.3 Å². The Balaban J connectivity index is 2.55. The Bertz CT molecular complexity index is 619. The number of benzene rings is 2. The van der Waals surface area contributed by atoms with Crippen molar-refractivity contribution >= 4 is 10.8 Å². The number of fused-ring (bicyclic) bond motifs is 1. The van der Waals surface area contributed by atoms with Crippen molar-refractivity contribution in [3.05, 3.63) is 48.0 Å². The van der Waals surface area contributed by atoms with Gasteiger partial charge in [-0.3, -0.25) is 0 Å². The van der Waals surface area contributed by atoms with E-state index in [1.165, 1.54) is 16.3 Å². The van der Waals surface area contributed by atoms with Gasteiger partial charge in [-0.25, -0.2) is 0 Å². The first kappa shape index (κ1) is 14.6. The summed E-state index contributed by atoms with van der Waals surface area (Å²) in [6.45, 7) is 3.03. The summed E-state index contributed by atoms with van der Waals surface area (Å²) in [7, 11) is 4.11. The standard InChI is InChI=1S/C18H22N2/c1-4-18(14-19,12-13-20(2)3)17-11-7-9-15-8-5-6-10-16(15)17/h5-11H,4,12-13H2,1-3H3/t18-/m0/s1. The van der Waals surface area contributed by atoms with Gasteiger partial charge in [0.15, 0.2) is 0 Å². The molecule has 2 aromatic carbocycles. The van der Waals surface area contributed by atoms with E-state index in [1.807, 2.05) is 6.07 Å². The van der Waals surface area contributed by atoms with Crippen molar-refractivity contribution in [2.45, 2.75) is 25.2 Å². The SMILES string of the molecule is CC[C@@](C#N)(CCN(C)C)c1cccc2ccccc12. The Labute approximate surface area is 121 Å². The van der Waals surface area contributed by atoms with Gasteiger partial charge in [0, 0.05) is 0 Å². The first-order valence-corrected chi connectivity index (χ1v) is 7.17. The molecule has 0 N–H and O–H groups in total. The molecule has 2 aromatic rings. The zero-order valence-electron chi connectivity index (χ0n) is 12.6. The van der Waals surface area contributed by atoms with Gasteiger partial charge in [-0.05, 0) is 49.8 Å². The lowest BCUT2D eigenvalue weighted by atomic mass is 9.74. The minimum atomic E-state index is -0.398. The maximum Gasteiger partial charge on any atom is 0.0837 e. The normalized spacial score (nSPS) is 14.2. The van der Waals surface area contributed by atoms with Crippen LogP contribution in [-0.2, 0) is 5.41 Å². The van der Waals surface area contributed by atoms with Crippen LogP contribution in [0.1, 0.15) is 25.3 Å². The molecule has 0 spiro atoms. The van der Waals surface area contributed by atoms with E-state index < -0.39 is 5.41 Å². The first-order valence-electron chi connectivity index (χ1n) is 7.17. The second-order valence-corrected chi connectivity index (χ2v) is 5.63. The number of hydrogen-bond acceptors (Lipinski definition) is 2. The highest BCUT2D eigenvalue weighted by atomic mass is 15.0.